The first-order valence-corrected chi connectivity index (χ1v) is 38.1. The highest BCUT2D eigenvalue weighted by Gasteiger charge is 2.59. The molecule has 4 aliphatic heterocycles. The first-order valence-electron chi connectivity index (χ1n) is 34.4. The lowest BCUT2D eigenvalue weighted by Crippen LogP contribution is -2.69. The second kappa shape index (κ2) is 36.4. The van der Waals surface area contributed by atoms with Crippen molar-refractivity contribution in [2.24, 2.45) is 0 Å². The van der Waals surface area contributed by atoms with Gasteiger partial charge in [-0.2, -0.15) is 0 Å². The van der Waals surface area contributed by atoms with Crippen LogP contribution in [0.2, 0.25) is 25.7 Å². The fourth-order valence-electron chi connectivity index (χ4n) is 12.6. The summed E-state index contributed by atoms with van der Waals surface area (Å²) >= 11 is 0. The highest BCUT2D eigenvalue weighted by Crippen LogP contribution is 2.42. The SMILES string of the molecule is CC(=O)O[C@H]1[C@H]2OC(c3ccccc3)OC[C@H]2O[C@H](O[C@H]2[C@@H](OCc3ccccc3)[C@@H](COCc3ccccc3)O[C@@H](O[C@H]3[C@H](OCc4ccccc4)[C@@H](OCc4ccccc4)[C@H](OCC[Si](C)(C)C)O[C@@H]3COCc3ccccc3)[C@@H]2OCc2ccccc2)[C@@H]1OCc1ccccc1. The molecule has 18 heteroatoms. The van der Waals surface area contributed by atoms with Crippen LogP contribution in [0.15, 0.2) is 243 Å². The predicted molar refractivity (Wildman–Crippen MR) is 373 cm³/mol. The van der Waals surface area contributed by atoms with Gasteiger partial charge in [-0.1, -0.05) is 262 Å². The van der Waals surface area contributed by atoms with Crippen molar-refractivity contribution in [2.45, 2.75) is 177 Å². The zero-order valence-electron chi connectivity index (χ0n) is 56.8. The Hall–Kier alpha value is -7.15. The number of carbonyl (C=O) groups is 1. The van der Waals surface area contributed by atoms with Gasteiger partial charge < -0.3 is 75.8 Å². The maximum absolute atomic E-state index is 13.7. The lowest BCUT2D eigenvalue weighted by molar-refractivity contribution is -0.405. The third kappa shape index (κ3) is 20.8. The van der Waals surface area contributed by atoms with Crippen molar-refractivity contribution in [3.8, 4) is 0 Å². The standard InChI is InChI=1S/C81H92O17Si/c1-57(82)92-74-71-68(56-91-78(96-71)65-43-27-12-28-44-65)95-81(77(74)90-53-64-41-25-11-26-42-64)98-73-69(86-49-60-33-17-7-18-34-60)66(54-83-47-58-29-13-5-14-30-58)94-80(76(73)89-52-63-39-23-10-24-40-63)97-70-67(55-84-48-59-31-15-6-16-32-59)93-79(85-45-46-99(2,3)4)75(88-51-62-37-21-9-22-38-62)72(70)87-50-61-35-19-8-20-36-61/h5-44,66-81H,45-56H2,1-4H3/t66-,67-,68-,69+,70-,71+,72+,73+,74+,75-,76-,77-,78?,79-,80+,81-/m1/s1. The molecule has 12 rings (SSSR count). The zero-order chi connectivity index (χ0) is 68.0. The molecule has 4 saturated heterocycles. The van der Waals surface area contributed by atoms with Crippen molar-refractivity contribution in [1.82, 2.24) is 0 Å². The minimum absolute atomic E-state index is 0.0171. The van der Waals surface area contributed by atoms with Gasteiger partial charge in [0.2, 0.25) is 0 Å². The maximum atomic E-state index is 13.7. The highest BCUT2D eigenvalue weighted by atomic mass is 28.3. The third-order valence-electron chi connectivity index (χ3n) is 17.8. The zero-order valence-corrected chi connectivity index (χ0v) is 57.8. The molecular formula is C81H92O17Si. The van der Waals surface area contributed by atoms with Crippen LogP contribution in [0.3, 0.4) is 0 Å². The number of hydrogen-bond donors (Lipinski definition) is 0. The third-order valence-corrected chi connectivity index (χ3v) is 19.5. The average molecular weight is 1370 g/mol. The molecule has 0 spiro atoms. The Morgan fingerprint density at radius 3 is 1.16 bits per heavy atom. The predicted octanol–water partition coefficient (Wildman–Crippen LogP) is 13.7. The molecule has 0 saturated carbocycles. The summed E-state index contributed by atoms with van der Waals surface area (Å²) in [5.41, 5.74) is 7.17. The number of ether oxygens (including phenoxy) is 16. The maximum Gasteiger partial charge on any atom is 0.303 e. The van der Waals surface area contributed by atoms with Crippen LogP contribution < -0.4 is 0 Å². The van der Waals surface area contributed by atoms with E-state index < -0.39 is 112 Å². The summed E-state index contributed by atoms with van der Waals surface area (Å²) in [5.74, 6) is -0.557. The molecule has 0 N–H and O–H groups in total. The smallest absolute Gasteiger partial charge is 0.303 e. The molecule has 522 valence electrons. The van der Waals surface area contributed by atoms with E-state index in [0.717, 1.165) is 50.6 Å². The Bertz CT molecular complexity index is 3590. The van der Waals surface area contributed by atoms with Crippen LogP contribution in [-0.4, -0.2) is 133 Å². The summed E-state index contributed by atoms with van der Waals surface area (Å²) in [6, 6.07) is 79.9. The van der Waals surface area contributed by atoms with Gasteiger partial charge in [-0.05, 0) is 45.0 Å². The molecule has 8 aromatic carbocycles. The summed E-state index contributed by atoms with van der Waals surface area (Å²) < 4.78 is 114. The van der Waals surface area contributed by atoms with E-state index in [1.807, 2.05) is 243 Å². The van der Waals surface area contributed by atoms with Crippen molar-refractivity contribution in [3.05, 3.63) is 287 Å². The molecule has 0 bridgehead atoms. The van der Waals surface area contributed by atoms with Gasteiger partial charge in [0.15, 0.2) is 31.3 Å². The highest BCUT2D eigenvalue weighted by molar-refractivity contribution is 6.76. The molecule has 16 atom stereocenters. The summed E-state index contributed by atoms with van der Waals surface area (Å²) in [6.45, 7) is 9.94. The Morgan fingerprint density at radius 1 is 0.374 bits per heavy atom. The number of hydrogen-bond acceptors (Lipinski definition) is 17. The number of benzene rings is 8. The molecule has 0 radical (unpaired) electrons. The van der Waals surface area contributed by atoms with Gasteiger partial charge in [-0.3, -0.25) is 4.79 Å². The molecule has 0 aromatic heterocycles. The van der Waals surface area contributed by atoms with Crippen LogP contribution in [0, 0.1) is 0 Å². The van der Waals surface area contributed by atoms with E-state index in [0.29, 0.717) is 6.61 Å². The van der Waals surface area contributed by atoms with E-state index in [9.17, 15) is 4.79 Å². The van der Waals surface area contributed by atoms with Crippen molar-refractivity contribution in [1.29, 1.82) is 0 Å². The molecule has 4 fully saturated rings. The molecule has 0 amide bonds. The fourth-order valence-corrected chi connectivity index (χ4v) is 13.4. The largest absolute Gasteiger partial charge is 0.457 e. The molecular weight excluding hydrogens is 1270 g/mol. The number of esters is 1. The molecule has 4 heterocycles. The number of rotatable bonds is 33. The summed E-state index contributed by atoms with van der Waals surface area (Å²) in [4.78, 5) is 13.7. The normalized spacial score (nSPS) is 27.0. The average Bonchev–Trinajstić information content (AvgIpc) is 0.769. The van der Waals surface area contributed by atoms with Gasteiger partial charge in [-0.15, -0.1) is 0 Å². The van der Waals surface area contributed by atoms with E-state index in [-0.39, 0.29) is 66.1 Å². The van der Waals surface area contributed by atoms with E-state index in [4.69, 9.17) is 75.8 Å². The second-order valence-electron chi connectivity index (χ2n) is 26.6. The summed E-state index contributed by atoms with van der Waals surface area (Å²) in [7, 11) is -1.64. The van der Waals surface area contributed by atoms with Crippen LogP contribution in [0.4, 0.5) is 0 Å². The van der Waals surface area contributed by atoms with Crippen molar-refractivity contribution in [3.63, 3.8) is 0 Å². The van der Waals surface area contributed by atoms with E-state index >= 15 is 0 Å². The van der Waals surface area contributed by atoms with Crippen LogP contribution in [0.5, 0.6) is 0 Å². The summed E-state index contributed by atoms with van der Waals surface area (Å²) in [6.07, 6.45) is -16.4. The molecule has 8 aromatic rings. The molecule has 4 aliphatic rings. The fraction of sp³-hybridized carbons (Fsp3) is 0.395. The Balaban J connectivity index is 0.988. The van der Waals surface area contributed by atoms with Crippen molar-refractivity contribution >= 4 is 14.0 Å². The Labute approximate surface area is 582 Å². The van der Waals surface area contributed by atoms with Crippen LogP contribution in [0.25, 0.3) is 0 Å². The van der Waals surface area contributed by atoms with Crippen molar-refractivity contribution < 1.29 is 80.6 Å². The molecule has 0 aliphatic carbocycles. The summed E-state index contributed by atoms with van der Waals surface area (Å²) in [5, 5.41) is 0. The van der Waals surface area contributed by atoms with Gasteiger partial charge in [0.25, 0.3) is 0 Å². The van der Waals surface area contributed by atoms with Crippen molar-refractivity contribution in [2.75, 3.05) is 26.4 Å². The first-order chi connectivity index (χ1) is 48.5. The van der Waals surface area contributed by atoms with E-state index in [1.54, 1.807) is 0 Å². The van der Waals surface area contributed by atoms with E-state index in [2.05, 4.69) is 19.6 Å². The van der Waals surface area contributed by atoms with Gasteiger partial charge in [0.1, 0.15) is 67.1 Å². The van der Waals surface area contributed by atoms with Gasteiger partial charge in [-0.25, -0.2) is 0 Å². The van der Waals surface area contributed by atoms with E-state index in [1.165, 1.54) is 6.92 Å². The van der Waals surface area contributed by atoms with Gasteiger partial charge in [0.05, 0.1) is 66.1 Å². The molecule has 17 nitrogen and oxygen atoms in total. The van der Waals surface area contributed by atoms with Gasteiger partial charge in [0, 0.05) is 27.2 Å². The second-order valence-corrected chi connectivity index (χ2v) is 32.2. The minimum Gasteiger partial charge on any atom is -0.457 e. The lowest BCUT2D eigenvalue weighted by atomic mass is 9.94. The first kappa shape index (κ1) is 71.7. The number of carbonyl (C=O) groups excluding carboxylic acids is 1. The molecule has 99 heavy (non-hydrogen) atoms. The van der Waals surface area contributed by atoms with Crippen LogP contribution >= 0.6 is 0 Å². The minimum atomic E-state index is -1.64. The molecule has 1 unspecified atom stereocenters. The number of fused-ring (bicyclic) bond motifs is 1. The quantitative estimate of drug-likeness (QED) is 0.0281. The monoisotopic (exact) mass is 1360 g/mol. The Morgan fingerprint density at radius 2 is 0.727 bits per heavy atom. The topological polar surface area (TPSA) is 165 Å². The lowest BCUT2D eigenvalue weighted by Gasteiger charge is -2.52. The Kier molecular flexibility index (Phi) is 26.4. The van der Waals surface area contributed by atoms with Gasteiger partial charge >= 0.3 is 5.97 Å². The van der Waals surface area contributed by atoms with Crippen LogP contribution in [0.1, 0.15) is 57.7 Å². The van der Waals surface area contributed by atoms with Crippen LogP contribution in [-0.2, 0) is 127 Å².